The molecule has 0 aromatic carbocycles. The highest BCUT2D eigenvalue weighted by molar-refractivity contribution is 8.00. The standard InChI is InChI=1S/C21H40O10S2/c22-10-12-14(24)16(26)18(28)20(30-12)32-8-6-4-2-1-3-5-7-9-33-21-19(29)17(27)15(25)13(11-23)31-21/h12-29H,1-11H2/t12-,13-,14-,15-,16+,17+,18-,19-,20+,21+/m1/s1. The van der Waals surface area contributed by atoms with E-state index in [1.807, 2.05) is 0 Å². The summed E-state index contributed by atoms with van der Waals surface area (Å²) in [7, 11) is 0. The number of ether oxygens (including phenoxy) is 2. The van der Waals surface area contributed by atoms with Crippen LogP contribution in [0.1, 0.15) is 44.9 Å². The van der Waals surface area contributed by atoms with E-state index in [0.29, 0.717) is 0 Å². The maximum absolute atomic E-state index is 10.0. The summed E-state index contributed by atoms with van der Waals surface area (Å²) in [5.41, 5.74) is -1.33. The maximum Gasteiger partial charge on any atom is 0.132 e. The molecule has 33 heavy (non-hydrogen) atoms. The van der Waals surface area contributed by atoms with Crippen molar-refractivity contribution in [3.8, 4) is 0 Å². The van der Waals surface area contributed by atoms with Gasteiger partial charge >= 0.3 is 0 Å². The molecule has 2 heterocycles. The summed E-state index contributed by atoms with van der Waals surface area (Å²) in [6.07, 6.45) is -2.20. The SMILES string of the molecule is OC[C@H]1O[C@@H](SCCCCCCCCCS[C@@H]2O[C@H](CO)[C@@H](O)[C@H](O)[C@H]2O)[C@H](O)[C@@H](O)[C@@H]1O. The molecule has 0 aromatic heterocycles. The molecule has 0 aromatic rings. The van der Waals surface area contributed by atoms with Gasteiger partial charge in [0.1, 0.15) is 59.7 Å². The van der Waals surface area contributed by atoms with E-state index in [4.69, 9.17) is 9.47 Å². The molecular formula is C21H40O10S2. The number of unbranched alkanes of at least 4 members (excludes halogenated alkanes) is 6. The van der Waals surface area contributed by atoms with Crippen molar-refractivity contribution in [3.63, 3.8) is 0 Å². The van der Waals surface area contributed by atoms with Crippen molar-refractivity contribution >= 4 is 23.5 Å². The van der Waals surface area contributed by atoms with Crippen LogP contribution in [0.3, 0.4) is 0 Å². The van der Waals surface area contributed by atoms with Crippen molar-refractivity contribution in [2.75, 3.05) is 24.7 Å². The zero-order chi connectivity index (χ0) is 24.4. The zero-order valence-electron chi connectivity index (χ0n) is 18.8. The van der Waals surface area contributed by atoms with E-state index in [2.05, 4.69) is 0 Å². The van der Waals surface area contributed by atoms with Gasteiger partial charge < -0.3 is 50.3 Å². The Morgan fingerprint density at radius 3 is 1.12 bits per heavy atom. The summed E-state index contributed by atoms with van der Waals surface area (Å²) >= 11 is 2.76. The van der Waals surface area contributed by atoms with Crippen LogP contribution in [-0.4, -0.2) is 125 Å². The van der Waals surface area contributed by atoms with Gasteiger partial charge in [-0.3, -0.25) is 0 Å². The van der Waals surface area contributed by atoms with E-state index in [9.17, 15) is 40.9 Å². The van der Waals surface area contributed by atoms with Crippen LogP contribution in [0.25, 0.3) is 0 Å². The van der Waals surface area contributed by atoms with Gasteiger partial charge in [0.15, 0.2) is 0 Å². The summed E-state index contributed by atoms with van der Waals surface area (Å²) in [5, 5.41) is 77.7. The molecule has 0 aliphatic carbocycles. The highest BCUT2D eigenvalue weighted by Crippen LogP contribution is 2.30. The monoisotopic (exact) mass is 516 g/mol. The lowest BCUT2D eigenvalue weighted by Crippen LogP contribution is -2.57. The summed E-state index contributed by atoms with van der Waals surface area (Å²) in [6.45, 7) is -0.827. The van der Waals surface area contributed by atoms with E-state index in [1.54, 1.807) is 0 Å². The highest BCUT2D eigenvalue weighted by atomic mass is 32.2. The molecule has 8 N–H and O–H groups in total. The summed E-state index contributed by atoms with van der Waals surface area (Å²) in [4.78, 5) is 0. The third-order valence-corrected chi connectivity index (χ3v) is 8.54. The Kier molecular flexibility index (Phi) is 13.8. The molecule has 0 amide bonds. The molecule has 0 saturated carbocycles. The van der Waals surface area contributed by atoms with Crippen molar-refractivity contribution in [3.05, 3.63) is 0 Å². The van der Waals surface area contributed by atoms with Gasteiger partial charge in [-0.2, -0.15) is 0 Å². The van der Waals surface area contributed by atoms with Gasteiger partial charge in [0.25, 0.3) is 0 Å². The van der Waals surface area contributed by atoms with Crippen LogP contribution in [0.5, 0.6) is 0 Å². The van der Waals surface area contributed by atoms with Gasteiger partial charge in [0.05, 0.1) is 13.2 Å². The van der Waals surface area contributed by atoms with Crippen LogP contribution in [0.15, 0.2) is 0 Å². The summed E-state index contributed by atoms with van der Waals surface area (Å²) in [6, 6.07) is 0. The van der Waals surface area contributed by atoms with Gasteiger partial charge in [-0.15, -0.1) is 23.5 Å². The first-order valence-electron chi connectivity index (χ1n) is 11.7. The molecular weight excluding hydrogens is 476 g/mol. The van der Waals surface area contributed by atoms with Crippen LogP contribution in [0.2, 0.25) is 0 Å². The zero-order valence-corrected chi connectivity index (χ0v) is 20.4. The largest absolute Gasteiger partial charge is 0.394 e. The number of hydrogen-bond donors (Lipinski definition) is 8. The van der Waals surface area contributed by atoms with Gasteiger partial charge in [0.2, 0.25) is 0 Å². The average molecular weight is 517 g/mol. The fraction of sp³-hybridized carbons (Fsp3) is 1.00. The number of rotatable bonds is 14. The molecule has 0 unspecified atom stereocenters. The lowest BCUT2D eigenvalue weighted by molar-refractivity contribution is -0.205. The predicted molar refractivity (Wildman–Crippen MR) is 125 cm³/mol. The molecule has 0 radical (unpaired) electrons. The smallest absolute Gasteiger partial charge is 0.132 e. The Bertz CT molecular complexity index is 485. The van der Waals surface area contributed by atoms with E-state index < -0.39 is 72.9 Å². The summed E-state index contributed by atoms with van der Waals surface area (Å²) in [5.74, 6) is 1.50. The molecule has 12 heteroatoms. The number of aliphatic hydroxyl groups excluding tert-OH is 8. The topological polar surface area (TPSA) is 180 Å². The molecule has 0 bridgehead atoms. The first-order chi connectivity index (χ1) is 15.8. The Morgan fingerprint density at radius 1 is 0.455 bits per heavy atom. The fourth-order valence-electron chi connectivity index (χ4n) is 3.90. The van der Waals surface area contributed by atoms with E-state index >= 15 is 0 Å². The van der Waals surface area contributed by atoms with Gasteiger partial charge in [0, 0.05) is 0 Å². The molecule has 2 saturated heterocycles. The van der Waals surface area contributed by atoms with Crippen LogP contribution in [0.4, 0.5) is 0 Å². The second kappa shape index (κ2) is 15.4. The van der Waals surface area contributed by atoms with Crippen molar-refractivity contribution in [2.45, 2.75) is 105 Å². The highest BCUT2D eigenvalue weighted by Gasteiger charge is 2.44. The molecule has 10 atom stereocenters. The van der Waals surface area contributed by atoms with Crippen molar-refractivity contribution in [2.24, 2.45) is 0 Å². The number of thioether (sulfide) groups is 2. The van der Waals surface area contributed by atoms with Crippen molar-refractivity contribution in [1.82, 2.24) is 0 Å². The minimum absolute atomic E-state index is 0.414. The molecule has 2 aliphatic heterocycles. The van der Waals surface area contributed by atoms with Crippen molar-refractivity contribution in [1.29, 1.82) is 0 Å². The lowest BCUT2D eigenvalue weighted by Gasteiger charge is -2.39. The molecule has 10 nitrogen and oxygen atoms in total. The second-order valence-corrected chi connectivity index (χ2v) is 11.0. The molecule has 2 fully saturated rings. The normalized spacial score (nSPS) is 39.6. The third-order valence-electron chi connectivity index (χ3n) is 6.05. The average Bonchev–Trinajstić information content (AvgIpc) is 2.82. The van der Waals surface area contributed by atoms with Gasteiger partial charge in [-0.05, 0) is 24.3 Å². The molecule has 196 valence electrons. The summed E-state index contributed by atoms with van der Waals surface area (Å²) < 4.78 is 10.9. The molecule has 0 spiro atoms. The first-order valence-corrected chi connectivity index (χ1v) is 13.8. The van der Waals surface area contributed by atoms with Crippen LogP contribution >= 0.6 is 23.5 Å². The first kappa shape index (κ1) is 29.5. The van der Waals surface area contributed by atoms with Crippen LogP contribution < -0.4 is 0 Å². The lowest BCUT2D eigenvalue weighted by atomic mass is 10.0. The van der Waals surface area contributed by atoms with E-state index in [0.717, 1.165) is 56.5 Å². The number of hydrogen-bond acceptors (Lipinski definition) is 12. The molecule has 2 aliphatic rings. The fourth-order valence-corrected chi connectivity index (χ4v) is 6.26. The predicted octanol–water partition coefficient (Wildman–Crippen LogP) is -1.22. The quantitative estimate of drug-likeness (QED) is 0.129. The van der Waals surface area contributed by atoms with Gasteiger partial charge in [-0.25, -0.2) is 0 Å². The van der Waals surface area contributed by atoms with Crippen LogP contribution in [-0.2, 0) is 9.47 Å². The second-order valence-electron chi connectivity index (χ2n) is 8.61. The Morgan fingerprint density at radius 2 is 0.788 bits per heavy atom. The molecule has 2 rings (SSSR count). The third kappa shape index (κ3) is 8.72. The van der Waals surface area contributed by atoms with Crippen LogP contribution in [0, 0.1) is 0 Å². The minimum atomic E-state index is -1.33. The maximum atomic E-state index is 10.0. The Labute approximate surface area is 203 Å². The van der Waals surface area contributed by atoms with E-state index in [1.165, 1.54) is 23.5 Å². The Hall–Kier alpha value is 0.300. The Balaban J connectivity index is 1.47. The minimum Gasteiger partial charge on any atom is -0.394 e. The van der Waals surface area contributed by atoms with E-state index in [-0.39, 0.29) is 0 Å². The number of aliphatic hydroxyl groups is 8. The van der Waals surface area contributed by atoms with Gasteiger partial charge in [-0.1, -0.05) is 32.1 Å². The van der Waals surface area contributed by atoms with Crippen molar-refractivity contribution < 1.29 is 50.3 Å².